The largest absolute Gasteiger partial charge is 0.379 e. The Morgan fingerprint density at radius 2 is 2.26 bits per heavy atom. The first-order chi connectivity index (χ1) is 13.3. The number of anilines is 3. The van der Waals surface area contributed by atoms with Gasteiger partial charge in [-0.05, 0) is 19.4 Å². The SMILES string of the molecule is Clc1c[nH]c2nc(Nc3cnn([C@H]4CCOC4)c3)nc(N[C@@H]3CCNC3)c12. The lowest BCUT2D eigenvalue weighted by Gasteiger charge is -2.14. The molecule has 2 saturated heterocycles. The summed E-state index contributed by atoms with van der Waals surface area (Å²) in [6, 6.07) is 0.616. The minimum Gasteiger partial charge on any atom is -0.379 e. The van der Waals surface area contributed by atoms with Crippen LogP contribution >= 0.6 is 11.6 Å². The van der Waals surface area contributed by atoms with Gasteiger partial charge in [-0.1, -0.05) is 11.6 Å². The van der Waals surface area contributed by atoms with Crippen LogP contribution in [0.1, 0.15) is 18.9 Å². The highest BCUT2D eigenvalue weighted by Gasteiger charge is 2.20. The molecule has 0 amide bonds. The number of halogens is 1. The van der Waals surface area contributed by atoms with E-state index in [4.69, 9.17) is 16.3 Å². The van der Waals surface area contributed by atoms with Gasteiger partial charge in [-0.3, -0.25) is 4.68 Å². The van der Waals surface area contributed by atoms with Gasteiger partial charge in [-0.25, -0.2) is 0 Å². The van der Waals surface area contributed by atoms with Crippen molar-refractivity contribution in [1.82, 2.24) is 30.0 Å². The van der Waals surface area contributed by atoms with Crippen LogP contribution in [0.4, 0.5) is 17.5 Å². The molecule has 5 heterocycles. The van der Waals surface area contributed by atoms with Crippen LogP contribution in [0, 0.1) is 0 Å². The van der Waals surface area contributed by atoms with Crippen LogP contribution in [0.2, 0.25) is 5.02 Å². The fraction of sp³-hybridized carbons (Fsp3) is 0.471. The number of nitrogens with zero attached hydrogens (tertiary/aromatic N) is 4. The van der Waals surface area contributed by atoms with Gasteiger partial charge in [-0.2, -0.15) is 15.1 Å². The molecule has 2 fully saturated rings. The molecule has 10 heteroatoms. The van der Waals surface area contributed by atoms with Gasteiger partial charge in [0, 0.05) is 31.6 Å². The highest BCUT2D eigenvalue weighted by atomic mass is 35.5. The average molecular weight is 389 g/mol. The standard InChI is InChI=1S/C17H21ClN8O/c18-13-7-20-15-14(13)16(22-10-1-3-19-5-10)25-17(24-15)23-11-6-21-26(8-11)12-2-4-27-9-12/h6-8,10,12,19H,1-5,9H2,(H3,20,22,23,24,25)/t10-,12+/m1/s1. The van der Waals surface area contributed by atoms with Crippen LogP contribution in [0.3, 0.4) is 0 Å². The summed E-state index contributed by atoms with van der Waals surface area (Å²) < 4.78 is 7.37. The van der Waals surface area contributed by atoms with Crippen molar-refractivity contribution in [2.24, 2.45) is 0 Å². The smallest absolute Gasteiger partial charge is 0.231 e. The second kappa shape index (κ2) is 6.99. The predicted octanol–water partition coefficient (Wildman–Crippen LogP) is 2.29. The van der Waals surface area contributed by atoms with Gasteiger partial charge < -0.3 is 25.7 Å². The summed E-state index contributed by atoms with van der Waals surface area (Å²) in [5, 5.41) is 15.9. The summed E-state index contributed by atoms with van der Waals surface area (Å²) in [5.41, 5.74) is 1.54. The summed E-state index contributed by atoms with van der Waals surface area (Å²) in [4.78, 5) is 12.3. The number of ether oxygens (including phenoxy) is 1. The van der Waals surface area contributed by atoms with E-state index >= 15 is 0 Å². The molecular formula is C17H21ClN8O. The van der Waals surface area contributed by atoms with E-state index < -0.39 is 0 Å². The molecule has 5 rings (SSSR count). The first-order valence-electron chi connectivity index (χ1n) is 9.17. The number of fused-ring (bicyclic) bond motifs is 1. The Kier molecular flexibility index (Phi) is 4.35. The summed E-state index contributed by atoms with van der Waals surface area (Å²) in [6.45, 7) is 3.40. The van der Waals surface area contributed by atoms with Crippen molar-refractivity contribution in [3.63, 3.8) is 0 Å². The maximum Gasteiger partial charge on any atom is 0.231 e. The minimum absolute atomic E-state index is 0.290. The molecule has 0 spiro atoms. The highest BCUT2D eigenvalue weighted by Crippen LogP contribution is 2.30. The van der Waals surface area contributed by atoms with Crippen molar-refractivity contribution in [2.75, 3.05) is 36.9 Å². The van der Waals surface area contributed by atoms with E-state index in [-0.39, 0.29) is 0 Å². The highest BCUT2D eigenvalue weighted by molar-refractivity contribution is 6.36. The number of aromatic amines is 1. The van der Waals surface area contributed by atoms with E-state index in [1.54, 1.807) is 12.4 Å². The van der Waals surface area contributed by atoms with Gasteiger partial charge in [-0.15, -0.1) is 0 Å². The van der Waals surface area contributed by atoms with E-state index in [1.807, 2.05) is 10.9 Å². The van der Waals surface area contributed by atoms with Gasteiger partial charge in [0.25, 0.3) is 0 Å². The van der Waals surface area contributed by atoms with Crippen molar-refractivity contribution in [3.8, 4) is 0 Å². The fourth-order valence-electron chi connectivity index (χ4n) is 3.59. The zero-order chi connectivity index (χ0) is 18.2. The monoisotopic (exact) mass is 388 g/mol. The first-order valence-corrected chi connectivity index (χ1v) is 9.55. The fourth-order valence-corrected chi connectivity index (χ4v) is 3.82. The Bertz CT molecular complexity index is 942. The van der Waals surface area contributed by atoms with Crippen molar-refractivity contribution in [1.29, 1.82) is 0 Å². The maximum absolute atomic E-state index is 6.34. The Balaban J connectivity index is 1.42. The number of hydrogen-bond donors (Lipinski definition) is 4. The van der Waals surface area contributed by atoms with Crippen LogP contribution in [0.5, 0.6) is 0 Å². The van der Waals surface area contributed by atoms with Crippen LogP contribution in [-0.2, 0) is 4.74 Å². The third-order valence-electron chi connectivity index (χ3n) is 5.02. The van der Waals surface area contributed by atoms with E-state index in [9.17, 15) is 0 Å². The average Bonchev–Trinajstić information content (AvgIpc) is 3.42. The zero-order valence-corrected chi connectivity index (χ0v) is 15.5. The lowest BCUT2D eigenvalue weighted by Crippen LogP contribution is -2.23. The number of hydrogen-bond acceptors (Lipinski definition) is 7. The van der Waals surface area contributed by atoms with Crippen LogP contribution < -0.4 is 16.0 Å². The topological polar surface area (TPSA) is 105 Å². The van der Waals surface area contributed by atoms with E-state index in [0.717, 1.165) is 49.4 Å². The van der Waals surface area contributed by atoms with E-state index in [0.29, 0.717) is 35.3 Å². The molecule has 3 aromatic rings. The van der Waals surface area contributed by atoms with Crippen LogP contribution in [-0.4, -0.2) is 57.1 Å². The molecule has 9 nitrogen and oxygen atoms in total. The Morgan fingerprint density at radius 1 is 1.30 bits per heavy atom. The van der Waals surface area contributed by atoms with Gasteiger partial charge >= 0.3 is 0 Å². The molecule has 27 heavy (non-hydrogen) atoms. The third-order valence-corrected chi connectivity index (χ3v) is 5.32. The Hall–Kier alpha value is -2.36. The van der Waals surface area contributed by atoms with Crippen LogP contribution in [0.15, 0.2) is 18.6 Å². The lowest BCUT2D eigenvalue weighted by atomic mass is 10.2. The minimum atomic E-state index is 0.290. The molecule has 0 bridgehead atoms. The number of aromatic nitrogens is 5. The first kappa shape index (κ1) is 16.8. The second-order valence-electron chi connectivity index (χ2n) is 6.94. The molecule has 3 aromatic heterocycles. The summed E-state index contributed by atoms with van der Waals surface area (Å²) in [5.74, 6) is 1.23. The molecule has 0 saturated carbocycles. The molecule has 0 unspecified atom stereocenters. The number of nitrogens with one attached hydrogen (secondary N) is 4. The van der Waals surface area contributed by atoms with E-state index in [1.165, 1.54) is 0 Å². The number of rotatable bonds is 5. The van der Waals surface area contributed by atoms with Crippen LogP contribution in [0.25, 0.3) is 11.0 Å². The normalized spacial score (nSPS) is 22.6. The maximum atomic E-state index is 6.34. The molecule has 0 radical (unpaired) electrons. The Labute approximate surface area is 160 Å². The molecule has 2 aliphatic heterocycles. The third kappa shape index (κ3) is 3.33. The van der Waals surface area contributed by atoms with Crippen molar-refractivity contribution < 1.29 is 4.74 Å². The quantitative estimate of drug-likeness (QED) is 0.531. The molecule has 0 aliphatic carbocycles. The second-order valence-corrected chi connectivity index (χ2v) is 7.35. The summed E-state index contributed by atoms with van der Waals surface area (Å²) >= 11 is 6.34. The summed E-state index contributed by atoms with van der Waals surface area (Å²) in [7, 11) is 0. The molecule has 2 aliphatic rings. The molecule has 142 valence electrons. The molecule has 2 atom stereocenters. The Morgan fingerprint density at radius 3 is 3.07 bits per heavy atom. The zero-order valence-electron chi connectivity index (χ0n) is 14.7. The lowest BCUT2D eigenvalue weighted by molar-refractivity contribution is 0.184. The van der Waals surface area contributed by atoms with Crippen molar-refractivity contribution >= 4 is 40.1 Å². The van der Waals surface area contributed by atoms with Crippen molar-refractivity contribution in [3.05, 3.63) is 23.6 Å². The van der Waals surface area contributed by atoms with Gasteiger partial charge in [0.2, 0.25) is 5.95 Å². The summed E-state index contributed by atoms with van der Waals surface area (Å²) in [6.07, 6.45) is 7.51. The van der Waals surface area contributed by atoms with Gasteiger partial charge in [0.1, 0.15) is 11.5 Å². The molecule has 0 aromatic carbocycles. The van der Waals surface area contributed by atoms with Gasteiger partial charge in [0.15, 0.2) is 0 Å². The number of H-pyrrole nitrogens is 1. The molecular weight excluding hydrogens is 368 g/mol. The van der Waals surface area contributed by atoms with Gasteiger partial charge in [0.05, 0.1) is 34.9 Å². The molecule has 4 N–H and O–H groups in total. The predicted molar refractivity (Wildman–Crippen MR) is 104 cm³/mol. The van der Waals surface area contributed by atoms with Crippen molar-refractivity contribution in [2.45, 2.75) is 24.9 Å². The van der Waals surface area contributed by atoms with E-state index in [2.05, 4.69) is 36.0 Å².